The van der Waals surface area contributed by atoms with Crippen molar-refractivity contribution in [2.24, 2.45) is 0 Å². The Morgan fingerprint density at radius 1 is 1.45 bits per heavy atom. The molecule has 11 heavy (non-hydrogen) atoms. The largest absolute Gasteiger partial charge is 0.419 e. The number of aryl methyl sites for hydroxylation is 1. The molecule has 1 heterocycles. The minimum absolute atomic E-state index is 0.252. The van der Waals surface area contributed by atoms with Crippen molar-refractivity contribution in [1.29, 1.82) is 0 Å². The summed E-state index contributed by atoms with van der Waals surface area (Å²) in [5.74, 6) is 0. The molecule has 5 heteroatoms. The van der Waals surface area contributed by atoms with E-state index < -0.39 is 11.7 Å². The quantitative estimate of drug-likeness (QED) is 0.637. The summed E-state index contributed by atoms with van der Waals surface area (Å²) < 4.78 is 35.9. The van der Waals surface area contributed by atoms with Crippen molar-refractivity contribution < 1.29 is 13.2 Å². The smallest absolute Gasteiger partial charge is 0.363 e. The third-order valence-corrected chi connectivity index (χ3v) is 1.79. The van der Waals surface area contributed by atoms with E-state index in [1.165, 1.54) is 6.92 Å². The third kappa shape index (κ3) is 1.50. The number of hydrogen-bond acceptors (Lipinski definition) is 0. The van der Waals surface area contributed by atoms with Gasteiger partial charge in [-0.1, -0.05) is 11.6 Å². The Balaban J connectivity index is 3.15. The fourth-order valence-electron chi connectivity index (χ4n) is 0.715. The summed E-state index contributed by atoms with van der Waals surface area (Å²) in [6.45, 7) is 1.48. The van der Waals surface area contributed by atoms with Gasteiger partial charge in [0.25, 0.3) is 0 Å². The molecule has 0 spiro atoms. The lowest BCUT2D eigenvalue weighted by Gasteiger charge is -2.02. The molecule has 0 saturated carbocycles. The second-order valence-electron chi connectivity index (χ2n) is 2.14. The molecule has 0 radical (unpaired) electrons. The molecule has 1 rings (SSSR count). The Morgan fingerprint density at radius 2 is 2.00 bits per heavy atom. The molecule has 1 nitrogen and oxygen atoms in total. The van der Waals surface area contributed by atoms with E-state index in [9.17, 15) is 13.2 Å². The molecule has 62 valence electrons. The average Bonchev–Trinajstić information content (AvgIpc) is 2.11. The van der Waals surface area contributed by atoms with Crippen molar-refractivity contribution in [3.8, 4) is 0 Å². The van der Waals surface area contributed by atoms with Crippen molar-refractivity contribution in [3.63, 3.8) is 0 Å². The van der Waals surface area contributed by atoms with Crippen LogP contribution in [0.2, 0.25) is 5.02 Å². The van der Waals surface area contributed by atoms with Gasteiger partial charge in [0.05, 0.1) is 10.6 Å². The molecule has 0 aromatic carbocycles. The summed E-state index contributed by atoms with van der Waals surface area (Å²) in [6.07, 6.45) is -3.50. The van der Waals surface area contributed by atoms with Gasteiger partial charge in [0.15, 0.2) is 0 Å². The predicted molar refractivity (Wildman–Crippen MR) is 35.5 cm³/mol. The van der Waals surface area contributed by atoms with E-state index in [-0.39, 0.29) is 5.02 Å². The van der Waals surface area contributed by atoms with E-state index in [0.29, 0.717) is 5.69 Å². The van der Waals surface area contributed by atoms with Crippen LogP contribution in [0.25, 0.3) is 0 Å². The van der Waals surface area contributed by atoms with Gasteiger partial charge < -0.3 is 4.98 Å². The molecule has 0 amide bonds. The molecule has 0 bridgehead atoms. The summed E-state index contributed by atoms with van der Waals surface area (Å²) in [6, 6.07) is 0. The van der Waals surface area contributed by atoms with Crippen LogP contribution in [0.1, 0.15) is 11.3 Å². The summed E-state index contributed by atoms with van der Waals surface area (Å²) >= 11 is 5.34. The fourth-order valence-corrected chi connectivity index (χ4v) is 0.932. The lowest BCUT2D eigenvalue weighted by Crippen LogP contribution is -2.03. The molecule has 0 unspecified atom stereocenters. The molecule has 1 aromatic rings. The van der Waals surface area contributed by atoms with Gasteiger partial charge in [0, 0.05) is 11.9 Å². The molecule has 0 aliphatic heterocycles. The lowest BCUT2D eigenvalue weighted by atomic mass is 10.3. The van der Waals surface area contributed by atoms with E-state index in [1.807, 2.05) is 0 Å². The second kappa shape index (κ2) is 2.44. The lowest BCUT2D eigenvalue weighted by molar-refractivity contribution is -0.137. The number of H-pyrrole nitrogens is 1. The molecule has 0 aliphatic carbocycles. The summed E-state index contributed by atoms with van der Waals surface area (Å²) in [5, 5.41) is -0.252. The number of nitrogens with one attached hydrogen (secondary N) is 1. The first kappa shape index (κ1) is 8.46. The van der Waals surface area contributed by atoms with Crippen LogP contribution < -0.4 is 0 Å². The number of halogens is 4. The van der Waals surface area contributed by atoms with Gasteiger partial charge >= 0.3 is 6.18 Å². The van der Waals surface area contributed by atoms with Crippen LogP contribution in [0, 0.1) is 6.92 Å². The number of rotatable bonds is 0. The van der Waals surface area contributed by atoms with Crippen molar-refractivity contribution in [2.45, 2.75) is 13.1 Å². The van der Waals surface area contributed by atoms with Crippen LogP contribution in [0.4, 0.5) is 13.2 Å². The van der Waals surface area contributed by atoms with E-state index in [4.69, 9.17) is 11.6 Å². The Kier molecular flexibility index (Phi) is 1.88. The van der Waals surface area contributed by atoms with E-state index in [1.54, 1.807) is 0 Å². The molecule has 0 fully saturated rings. The Labute approximate surface area is 66.2 Å². The monoisotopic (exact) mass is 183 g/mol. The zero-order valence-electron chi connectivity index (χ0n) is 5.59. The molecular weight excluding hydrogens is 179 g/mol. The average molecular weight is 184 g/mol. The Hall–Kier alpha value is -0.640. The fraction of sp³-hybridized carbons (Fsp3) is 0.333. The van der Waals surface area contributed by atoms with Crippen LogP contribution >= 0.6 is 11.6 Å². The van der Waals surface area contributed by atoms with Crippen LogP contribution in [0.15, 0.2) is 6.20 Å². The minimum atomic E-state index is -4.36. The first-order chi connectivity index (χ1) is 4.93. The van der Waals surface area contributed by atoms with Gasteiger partial charge in [-0.3, -0.25) is 0 Å². The highest BCUT2D eigenvalue weighted by Crippen LogP contribution is 2.35. The second-order valence-corrected chi connectivity index (χ2v) is 2.52. The number of hydrogen-bond donors (Lipinski definition) is 1. The third-order valence-electron chi connectivity index (χ3n) is 1.30. The summed E-state index contributed by atoms with van der Waals surface area (Å²) in [4.78, 5) is 2.39. The van der Waals surface area contributed by atoms with Crippen molar-refractivity contribution in [2.75, 3.05) is 0 Å². The maximum Gasteiger partial charge on any atom is 0.419 e. The normalized spacial score (nSPS) is 12.1. The maximum absolute atomic E-state index is 12.0. The molecule has 1 aromatic heterocycles. The highest BCUT2D eigenvalue weighted by molar-refractivity contribution is 6.32. The molecule has 1 N–H and O–H groups in total. The van der Waals surface area contributed by atoms with E-state index in [0.717, 1.165) is 6.20 Å². The van der Waals surface area contributed by atoms with E-state index in [2.05, 4.69) is 4.98 Å². The van der Waals surface area contributed by atoms with Crippen LogP contribution in [0.3, 0.4) is 0 Å². The predicted octanol–water partition coefficient (Wildman–Crippen LogP) is 3.00. The van der Waals surface area contributed by atoms with Gasteiger partial charge in [-0.05, 0) is 6.92 Å². The first-order valence-electron chi connectivity index (χ1n) is 2.83. The zero-order chi connectivity index (χ0) is 8.65. The summed E-state index contributed by atoms with van der Waals surface area (Å²) in [5.41, 5.74) is -0.476. The summed E-state index contributed by atoms with van der Waals surface area (Å²) in [7, 11) is 0. The van der Waals surface area contributed by atoms with Crippen molar-refractivity contribution in [1.82, 2.24) is 4.98 Å². The van der Waals surface area contributed by atoms with Gasteiger partial charge in [0.2, 0.25) is 0 Å². The van der Waals surface area contributed by atoms with Gasteiger partial charge in [0.1, 0.15) is 0 Å². The molecule has 0 aliphatic rings. The highest BCUT2D eigenvalue weighted by atomic mass is 35.5. The first-order valence-corrected chi connectivity index (χ1v) is 3.21. The number of alkyl halides is 3. The van der Waals surface area contributed by atoms with Crippen LogP contribution in [-0.4, -0.2) is 4.98 Å². The molecular formula is C6H5ClF3N. The Bertz CT molecular complexity index is 263. The standard InChI is InChI=1S/C6H5ClF3N/c1-3-5(7)4(2-11-3)6(8,9)10/h2,11H,1H3. The zero-order valence-corrected chi connectivity index (χ0v) is 6.35. The molecule has 0 saturated heterocycles. The number of aromatic amines is 1. The molecule has 0 atom stereocenters. The van der Waals surface area contributed by atoms with Crippen LogP contribution in [-0.2, 0) is 6.18 Å². The maximum atomic E-state index is 12.0. The van der Waals surface area contributed by atoms with E-state index >= 15 is 0 Å². The van der Waals surface area contributed by atoms with Crippen LogP contribution in [0.5, 0.6) is 0 Å². The van der Waals surface area contributed by atoms with Crippen molar-refractivity contribution in [3.05, 3.63) is 22.5 Å². The van der Waals surface area contributed by atoms with Gasteiger partial charge in [-0.2, -0.15) is 13.2 Å². The van der Waals surface area contributed by atoms with Gasteiger partial charge in [-0.15, -0.1) is 0 Å². The topological polar surface area (TPSA) is 15.8 Å². The minimum Gasteiger partial charge on any atom is -0.363 e. The van der Waals surface area contributed by atoms with Gasteiger partial charge in [-0.25, -0.2) is 0 Å². The van der Waals surface area contributed by atoms with Crippen molar-refractivity contribution >= 4 is 11.6 Å². The Morgan fingerprint density at radius 3 is 2.18 bits per heavy atom. The highest BCUT2D eigenvalue weighted by Gasteiger charge is 2.34. The number of aromatic nitrogens is 1. The SMILES string of the molecule is Cc1[nH]cc(C(F)(F)F)c1Cl.